The first-order valence-corrected chi connectivity index (χ1v) is 8.98. The van der Waals surface area contributed by atoms with Crippen molar-refractivity contribution in [2.24, 2.45) is 0 Å². The molecular formula is C15H20N4O3S. The highest BCUT2D eigenvalue weighted by atomic mass is 32.2. The second-order valence-electron chi connectivity index (χ2n) is 5.62. The first kappa shape index (κ1) is 15.9. The SMILES string of the molecule is CNc1cccc([C@@H]2CCCN2S(=O)(=O)c2c(C)noc2C)n1. The predicted molar refractivity (Wildman–Crippen MR) is 85.6 cm³/mol. The van der Waals surface area contributed by atoms with Gasteiger partial charge in [-0.15, -0.1) is 0 Å². The molecule has 124 valence electrons. The van der Waals surface area contributed by atoms with Crippen molar-refractivity contribution in [3.63, 3.8) is 0 Å². The molecule has 2 aromatic heterocycles. The highest BCUT2D eigenvalue weighted by molar-refractivity contribution is 7.89. The number of pyridine rings is 1. The molecule has 0 unspecified atom stereocenters. The number of rotatable bonds is 4. The van der Waals surface area contributed by atoms with Gasteiger partial charge in [0, 0.05) is 13.6 Å². The van der Waals surface area contributed by atoms with E-state index >= 15 is 0 Å². The second kappa shape index (κ2) is 5.93. The summed E-state index contributed by atoms with van der Waals surface area (Å²) in [5, 5.41) is 6.76. The number of nitrogens with one attached hydrogen (secondary N) is 1. The summed E-state index contributed by atoms with van der Waals surface area (Å²) in [5.41, 5.74) is 1.15. The van der Waals surface area contributed by atoms with E-state index in [4.69, 9.17) is 4.52 Å². The van der Waals surface area contributed by atoms with Gasteiger partial charge in [0.1, 0.15) is 16.4 Å². The van der Waals surface area contributed by atoms with Gasteiger partial charge < -0.3 is 9.84 Å². The number of sulfonamides is 1. The molecule has 0 aliphatic carbocycles. The topological polar surface area (TPSA) is 88.3 Å². The van der Waals surface area contributed by atoms with Gasteiger partial charge in [0.05, 0.1) is 11.7 Å². The maximum absolute atomic E-state index is 13.1. The minimum Gasteiger partial charge on any atom is -0.373 e. The normalized spacial score (nSPS) is 19.2. The van der Waals surface area contributed by atoms with Gasteiger partial charge in [0.15, 0.2) is 5.76 Å². The fourth-order valence-electron chi connectivity index (χ4n) is 3.06. The fraction of sp³-hybridized carbons (Fsp3) is 0.467. The molecule has 1 atom stereocenters. The smallest absolute Gasteiger partial charge is 0.249 e. The van der Waals surface area contributed by atoms with Crippen molar-refractivity contribution in [1.82, 2.24) is 14.4 Å². The Balaban J connectivity index is 2.01. The highest BCUT2D eigenvalue weighted by Crippen LogP contribution is 2.37. The zero-order valence-corrected chi connectivity index (χ0v) is 14.2. The Morgan fingerprint density at radius 2 is 2.13 bits per heavy atom. The third-order valence-corrected chi connectivity index (χ3v) is 6.26. The molecule has 1 aliphatic rings. The lowest BCUT2D eigenvalue weighted by molar-refractivity contribution is 0.381. The molecule has 1 aliphatic heterocycles. The summed E-state index contributed by atoms with van der Waals surface area (Å²) in [4.78, 5) is 4.68. The standard InChI is InChI=1S/C15H20N4O3S/c1-10-15(11(2)22-18-10)23(20,21)19-9-5-7-13(19)12-6-4-8-14(16-3)17-12/h4,6,8,13H,5,7,9H2,1-3H3,(H,16,17)/t13-/m0/s1. The van der Waals surface area contributed by atoms with Gasteiger partial charge in [-0.2, -0.15) is 4.31 Å². The maximum Gasteiger partial charge on any atom is 0.249 e. The number of aromatic nitrogens is 2. The van der Waals surface area contributed by atoms with E-state index in [1.165, 1.54) is 4.31 Å². The number of anilines is 1. The van der Waals surface area contributed by atoms with E-state index in [0.29, 0.717) is 18.0 Å². The van der Waals surface area contributed by atoms with Gasteiger partial charge in [-0.1, -0.05) is 11.2 Å². The van der Waals surface area contributed by atoms with E-state index in [0.717, 1.165) is 24.4 Å². The lowest BCUT2D eigenvalue weighted by Gasteiger charge is -2.23. The molecule has 0 saturated carbocycles. The van der Waals surface area contributed by atoms with Crippen LogP contribution < -0.4 is 5.32 Å². The van der Waals surface area contributed by atoms with Crippen LogP contribution in [0.25, 0.3) is 0 Å². The van der Waals surface area contributed by atoms with Crippen molar-refractivity contribution < 1.29 is 12.9 Å². The summed E-state index contributed by atoms with van der Waals surface area (Å²) in [5.74, 6) is 1.05. The molecule has 7 nitrogen and oxygen atoms in total. The average Bonchev–Trinajstić information content (AvgIpc) is 3.15. The van der Waals surface area contributed by atoms with Crippen LogP contribution in [0.3, 0.4) is 0 Å². The van der Waals surface area contributed by atoms with Gasteiger partial charge in [-0.25, -0.2) is 13.4 Å². The monoisotopic (exact) mass is 336 g/mol. The Bertz CT molecular complexity index is 796. The van der Waals surface area contributed by atoms with Crippen LogP contribution in [0.1, 0.15) is 36.0 Å². The minimum absolute atomic E-state index is 0.175. The van der Waals surface area contributed by atoms with Crippen molar-refractivity contribution >= 4 is 15.8 Å². The molecule has 3 heterocycles. The third kappa shape index (κ3) is 2.72. The first-order valence-electron chi connectivity index (χ1n) is 7.54. The van der Waals surface area contributed by atoms with E-state index in [9.17, 15) is 8.42 Å². The summed E-state index contributed by atoms with van der Waals surface area (Å²) in [6.07, 6.45) is 1.56. The summed E-state index contributed by atoms with van der Waals surface area (Å²) in [6, 6.07) is 5.34. The first-order chi connectivity index (χ1) is 10.9. The summed E-state index contributed by atoms with van der Waals surface area (Å²) >= 11 is 0. The van der Waals surface area contributed by atoms with Gasteiger partial charge >= 0.3 is 0 Å². The molecule has 1 N–H and O–H groups in total. The zero-order valence-electron chi connectivity index (χ0n) is 13.4. The van der Waals surface area contributed by atoms with Crippen molar-refractivity contribution in [1.29, 1.82) is 0 Å². The van der Waals surface area contributed by atoms with Crippen LogP contribution >= 0.6 is 0 Å². The van der Waals surface area contributed by atoms with E-state index < -0.39 is 10.0 Å². The molecule has 1 saturated heterocycles. The molecular weight excluding hydrogens is 316 g/mol. The largest absolute Gasteiger partial charge is 0.373 e. The summed E-state index contributed by atoms with van der Waals surface area (Å²) in [6.45, 7) is 3.74. The molecule has 1 fully saturated rings. The fourth-order valence-corrected chi connectivity index (χ4v) is 5.02. The molecule has 0 radical (unpaired) electrons. The Morgan fingerprint density at radius 1 is 1.35 bits per heavy atom. The maximum atomic E-state index is 13.1. The molecule has 8 heteroatoms. The highest BCUT2D eigenvalue weighted by Gasteiger charge is 2.39. The quantitative estimate of drug-likeness (QED) is 0.921. The van der Waals surface area contributed by atoms with E-state index in [-0.39, 0.29) is 10.9 Å². The molecule has 0 bridgehead atoms. The van der Waals surface area contributed by atoms with Crippen LogP contribution in [0, 0.1) is 13.8 Å². The average molecular weight is 336 g/mol. The van der Waals surface area contributed by atoms with Crippen LogP contribution in [0.5, 0.6) is 0 Å². The Labute approximate surface area is 135 Å². The molecule has 3 rings (SSSR count). The molecule has 0 spiro atoms. The van der Waals surface area contributed by atoms with Crippen molar-refractivity contribution in [3.8, 4) is 0 Å². The number of hydrogen-bond donors (Lipinski definition) is 1. The van der Waals surface area contributed by atoms with Crippen LogP contribution in [0.2, 0.25) is 0 Å². The third-order valence-electron chi connectivity index (χ3n) is 4.11. The van der Waals surface area contributed by atoms with Crippen LogP contribution in [0.4, 0.5) is 5.82 Å². The molecule has 2 aromatic rings. The number of nitrogens with zero attached hydrogens (tertiary/aromatic N) is 3. The van der Waals surface area contributed by atoms with Crippen molar-refractivity contribution in [2.75, 3.05) is 18.9 Å². The number of hydrogen-bond acceptors (Lipinski definition) is 6. The van der Waals surface area contributed by atoms with Crippen LogP contribution in [0.15, 0.2) is 27.6 Å². The van der Waals surface area contributed by atoms with Crippen LogP contribution in [-0.4, -0.2) is 36.5 Å². The van der Waals surface area contributed by atoms with Crippen LogP contribution in [-0.2, 0) is 10.0 Å². The van der Waals surface area contributed by atoms with Gasteiger partial charge in [0.25, 0.3) is 0 Å². The lowest BCUT2D eigenvalue weighted by atomic mass is 10.1. The minimum atomic E-state index is -3.66. The molecule has 0 amide bonds. The molecule has 0 aromatic carbocycles. The second-order valence-corrected chi connectivity index (χ2v) is 7.45. The Hall–Kier alpha value is -1.93. The van der Waals surface area contributed by atoms with E-state index in [2.05, 4.69) is 15.5 Å². The van der Waals surface area contributed by atoms with Gasteiger partial charge in [-0.05, 0) is 38.8 Å². The van der Waals surface area contributed by atoms with Crippen molar-refractivity contribution in [3.05, 3.63) is 35.3 Å². The summed E-state index contributed by atoms with van der Waals surface area (Å²) < 4.78 is 32.7. The van der Waals surface area contributed by atoms with Crippen molar-refractivity contribution in [2.45, 2.75) is 37.6 Å². The zero-order chi connectivity index (χ0) is 16.6. The Morgan fingerprint density at radius 3 is 2.78 bits per heavy atom. The lowest BCUT2D eigenvalue weighted by Crippen LogP contribution is -2.31. The number of aryl methyl sites for hydroxylation is 2. The van der Waals surface area contributed by atoms with Gasteiger partial charge in [0.2, 0.25) is 10.0 Å². The predicted octanol–water partition coefficient (Wildman–Crippen LogP) is 2.25. The van der Waals surface area contributed by atoms with E-state index in [1.807, 2.05) is 18.2 Å². The van der Waals surface area contributed by atoms with E-state index in [1.54, 1.807) is 20.9 Å². The Kier molecular flexibility index (Phi) is 4.11. The van der Waals surface area contributed by atoms with Gasteiger partial charge in [-0.3, -0.25) is 0 Å². The summed E-state index contributed by atoms with van der Waals surface area (Å²) in [7, 11) is -1.87. The molecule has 23 heavy (non-hydrogen) atoms.